The number of piperazine rings is 1. The molecular weight excluding hydrogens is 286 g/mol. The second-order valence-corrected chi connectivity index (χ2v) is 5.17. The molecule has 22 heavy (non-hydrogen) atoms. The Bertz CT molecular complexity index is 632. The Morgan fingerprint density at radius 2 is 2.05 bits per heavy atom. The van der Waals surface area contributed by atoms with Gasteiger partial charge in [-0.15, -0.1) is 0 Å². The van der Waals surface area contributed by atoms with E-state index in [0.29, 0.717) is 26.2 Å². The van der Waals surface area contributed by atoms with Crippen molar-refractivity contribution in [1.29, 1.82) is 5.26 Å². The lowest BCUT2D eigenvalue weighted by Crippen LogP contribution is -2.53. The summed E-state index contributed by atoms with van der Waals surface area (Å²) in [6.07, 6.45) is 0. The maximum Gasteiger partial charge on any atom is 0.287 e. The number of nitrogens with zero attached hydrogens (tertiary/aromatic N) is 4. The second kappa shape index (κ2) is 6.41. The number of hydrogen-bond acceptors (Lipinski definition) is 6. The lowest BCUT2D eigenvalue weighted by Gasteiger charge is -2.38. The summed E-state index contributed by atoms with van der Waals surface area (Å²) in [4.78, 5) is 25.5. The number of carbonyl (C=O) groups is 1. The van der Waals surface area contributed by atoms with Crippen LogP contribution in [0.1, 0.15) is 12.5 Å². The van der Waals surface area contributed by atoms with Crippen LogP contribution in [0.5, 0.6) is 0 Å². The van der Waals surface area contributed by atoms with Crippen molar-refractivity contribution >= 4 is 17.3 Å². The molecule has 1 aliphatic rings. The number of carbonyl (C=O) groups excluding carboxylic acids is 1. The Balaban J connectivity index is 2.10. The van der Waals surface area contributed by atoms with Gasteiger partial charge in [-0.25, -0.2) is 0 Å². The number of nitrogens with two attached hydrogens (primary N) is 1. The van der Waals surface area contributed by atoms with E-state index < -0.39 is 4.92 Å². The average Bonchev–Trinajstić information content (AvgIpc) is 2.53. The van der Waals surface area contributed by atoms with Crippen LogP contribution in [0.15, 0.2) is 18.2 Å². The van der Waals surface area contributed by atoms with Crippen molar-refractivity contribution in [1.82, 2.24) is 4.90 Å². The summed E-state index contributed by atoms with van der Waals surface area (Å²) in [7, 11) is 0. The zero-order chi connectivity index (χ0) is 16.3. The Labute approximate surface area is 127 Å². The van der Waals surface area contributed by atoms with Crippen LogP contribution in [0, 0.1) is 21.4 Å². The number of amides is 1. The van der Waals surface area contributed by atoms with E-state index in [9.17, 15) is 14.9 Å². The van der Waals surface area contributed by atoms with Crippen LogP contribution in [-0.4, -0.2) is 48.0 Å². The van der Waals surface area contributed by atoms with Gasteiger partial charge in [0.1, 0.15) is 11.6 Å². The highest BCUT2D eigenvalue weighted by atomic mass is 16.6. The maximum absolute atomic E-state index is 11.2. The fraction of sp³-hybridized carbons (Fsp3) is 0.429. The molecule has 1 aromatic carbocycles. The van der Waals surface area contributed by atoms with E-state index in [0.717, 1.165) is 5.69 Å². The van der Waals surface area contributed by atoms with Crippen LogP contribution in [0.3, 0.4) is 0 Å². The van der Waals surface area contributed by atoms with Crippen LogP contribution in [0.4, 0.5) is 11.4 Å². The van der Waals surface area contributed by atoms with Crippen molar-refractivity contribution in [3.63, 3.8) is 0 Å². The molecule has 0 unspecified atom stereocenters. The van der Waals surface area contributed by atoms with Gasteiger partial charge in [-0.05, 0) is 19.1 Å². The molecule has 1 aliphatic heterocycles. The minimum atomic E-state index is -0.561. The molecule has 1 heterocycles. The van der Waals surface area contributed by atoms with Gasteiger partial charge in [0.2, 0.25) is 5.91 Å². The molecule has 1 aromatic rings. The van der Waals surface area contributed by atoms with Gasteiger partial charge < -0.3 is 10.6 Å². The number of hydrogen-bond donors (Lipinski definition) is 1. The number of nitro groups is 1. The van der Waals surface area contributed by atoms with E-state index in [1.54, 1.807) is 13.0 Å². The van der Waals surface area contributed by atoms with E-state index in [1.807, 2.05) is 15.9 Å². The first-order valence-electron chi connectivity index (χ1n) is 6.91. The zero-order valence-electron chi connectivity index (χ0n) is 12.2. The van der Waals surface area contributed by atoms with E-state index in [4.69, 9.17) is 11.0 Å². The van der Waals surface area contributed by atoms with Gasteiger partial charge in [0.25, 0.3) is 5.69 Å². The van der Waals surface area contributed by atoms with E-state index >= 15 is 0 Å². The molecule has 0 aromatic heterocycles. The monoisotopic (exact) mass is 303 g/mol. The van der Waals surface area contributed by atoms with Crippen LogP contribution in [-0.2, 0) is 4.79 Å². The molecule has 116 valence electrons. The van der Waals surface area contributed by atoms with Gasteiger partial charge in [0.05, 0.1) is 11.0 Å². The van der Waals surface area contributed by atoms with Crippen molar-refractivity contribution < 1.29 is 9.72 Å². The fourth-order valence-corrected chi connectivity index (χ4v) is 2.52. The Hall–Kier alpha value is -2.66. The van der Waals surface area contributed by atoms with Crippen LogP contribution >= 0.6 is 0 Å². The molecular formula is C14H17N5O3. The lowest BCUT2D eigenvalue weighted by molar-refractivity contribution is -0.385. The molecule has 1 fully saturated rings. The number of anilines is 1. The summed E-state index contributed by atoms with van der Waals surface area (Å²) in [6, 6.07) is 6.08. The summed E-state index contributed by atoms with van der Waals surface area (Å²) in [5, 5.41) is 19.9. The summed E-state index contributed by atoms with van der Waals surface area (Å²) in [5.41, 5.74) is 5.94. The molecule has 0 aliphatic carbocycles. The highest BCUT2D eigenvalue weighted by Crippen LogP contribution is 2.25. The summed E-state index contributed by atoms with van der Waals surface area (Å²) < 4.78 is 0. The zero-order valence-corrected chi connectivity index (χ0v) is 12.2. The Morgan fingerprint density at radius 1 is 1.41 bits per heavy atom. The second-order valence-electron chi connectivity index (χ2n) is 5.17. The number of benzene rings is 1. The van der Waals surface area contributed by atoms with Crippen molar-refractivity contribution in [2.45, 2.75) is 13.0 Å². The first kappa shape index (κ1) is 15.7. The lowest BCUT2D eigenvalue weighted by atomic mass is 10.1. The Kier molecular flexibility index (Phi) is 4.58. The summed E-state index contributed by atoms with van der Waals surface area (Å²) in [6.45, 7) is 4.45. The third kappa shape index (κ3) is 3.15. The summed E-state index contributed by atoms with van der Waals surface area (Å²) in [5.74, 6) is -0.351. The third-order valence-electron chi connectivity index (χ3n) is 3.94. The molecule has 8 nitrogen and oxygen atoms in total. The van der Waals surface area contributed by atoms with Gasteiger partial charge in [0.15, 0.2) is 0 Å². The molecule has 1 atom stereocenters. The van der Waals surface area contributed by atoms with E-state index in [-0.39, 0.29) is 23.2 Å². The van der Waals surface area contributed by atoms with E-state index in [2.05, 4.69) is 0 Å². The highest BCUT2D eigenvalue weighted by molar-refractivity contribution is 5.79. The fourth-order valence-electron chi connectivity index (χ4n) is 2.52. The minimum Gasteiger partial charge on any atom is -0.369 e. The molecule has 2 rings (SSSR count). The summed E-state index contributed by atoms with van der Waals surface area (Å²) >= 11 is 0. The van der Waals surface area contributed by atoms with Crippen molar-refractivity contribution in [2.75, 3.05) is 31.1 Å². The molecule has 0 saturated carbocycles. The largest absolute Gasteiger partial charge is 0.369 e. The third-order valence-corrected chi connectivity index (χ3v) is 3.94. The van der Waals surface area contributed by atoms with Gasteiger partial charge in [0, 0.05) is 37.9 Å². The van der Waals surface area contributed by atoms with Gasteiger partial charge in [-0.3, -0.25) is 19.8 Å². The van der Waals surface area contributed by atoms with Gasteiger partial charge >= 0.3 is 0 Å². The molecule has 1 saturated heterocycles. The van der Waals surface area contributed by atoms with Crippen molar-refractivity contribution in [2.24, 2.45) is 5.73 Å². The smallest absolute Gasteiger partial charge is 0.287 e. The number of rotatable bonds is 4. The highest BCUT2D eigenvalue weighted by Gasteiger charge is 2.25. The predicted octanol–water partition coefficient (Wildman–Crippen LogP) is 0.462. The molecule has 0 spiro atoms. The van der Waals surface area contributed by atoms with Crippen LogP contribution in [0.2, 0.25) is 0 Å². The average molecular weight is 303 g/mol. The Morgan fingerprint density at radius 3 is 2.55 bits per heavy atom. The molecule has 1 amide bonds. The topological polar surface area (TPSA) is 116 Å². The molecule has 8 heteroatoms. The first-order chi connectivity index (χ1) is 10.4. The molecule has 0 bridgehead atoms. The van der Waals surface area contributed by atoms with Crippen LogP contribution in [0.25, 0.3) is 0 Å². The first-order valence-corrected chi connectivity index (χ1v) is 6.91. The molecule has 0 radical (unpaired) electrons. The van der Waals surface area contributed by atoms with Crippen molar-refractivity contribution in [3.8, 4) is 6.07 Å². The normalized spacial score (nSPS) is 16.8. The number of nitriles is 1. The predicted molar refractivity (Wildman–Crippen MR) is 80.3 cm³/mol. The SMILES string of the molecule is C[C@H](C(N)=O)N1CCN(c2ccc([N+](=O)[O-])c(C#N)c2)CC1. The van der Waals surface area contributed by atoms with Gasteiger partial charge in [-0.1, -0.05) is 0 Å². The molecule has 2 N–H and O–H groups in total. The van der Waals surface area contributed by atoms with Crippen molar-refractivity contribution in [3.05, 3.63) is 33.9 Å². The quantitative estimate of drug-likeness (QED) is 0.638. The van der Waals surface area contributed by atoms with E-state index in [1.165, 1.54) is 12.1 Å². The minimum absolute atomic E-state index is 0.0513. The maximum atomic E-state index is 11.2. The van der Waals surface area contributed by atoms with Crippen LogP contribution < -0.4 is 10.6 Å². The number of nitro benzene ring substituents is 1. The number of primary amides is 1. The van der Waals surface area contributed by atoms with Gasteiger partial charge in [-0.2, -0.15) is 5.26 Å². The standard InChI is InChI=1S/C14H17N5O3/c1-10(14(16)20)17-4-6-18(7-5-17)12-2-3-13(19(21)22)11(8-12)9-15/h2-3,8,10H,4-7H2,1H3,(H2,16,20)/t10-/m1/s1.